The van der Waals surface area contributed by atoms with E-state index in [1.807, 2.05) is 0 Å². The quantitative estimate of drug-likeness (QED) is 0.0406. The molecule has 1 aromatic heterocycles. The predicted octanol–water partition coefficient (Wildman–Crippen LogP) is 8.60. The van der Waals surface area contributed by atoms with Gasteiger partial charge in [-0.15, -0.1) is 0 Å². The highest BCUT2D eigenvalue weighted by molar-refractivity contribution is 6.44. The minimum Gasteiger partial charge on any atom is -0.789 e. The summed E-state index contributed by atoms with van der Waals surface area (Å²) in [4.78, 5) is 64.2. The number of aliphatic imine (C=N–C) groups is 3. The molecule has 7 rings (SSSR count). The van der Waals surface area contributed by atoms with Gasteiger partial charge >= 0.3 is 0 Å². The van der Waals surface area contributed by atoms with Gasteiger partial charge in [0.15, 0.2) is 0 Å². The van der Waals surface area contributed by atoms with E-state index in [0.29, 0.717) is 16.7 Å². The summed E-state index contributed by atoms with van der Waals surface area (Å²) in [5.41, 5.74) is 2.40. The Morgan fingerprint density at radius 3 is 0.833 bits per heavy atom. The molecule has 324 valence electrons. The number of ether oxygens (including phenoxy) is 3. The van der Waals surface area contributed by atoms with E-state index in [1.165, 1.54) is 91.4 Å². The van der Waals surface area contributed by atoms with Crippen LogP contribution in [-0.4, -0.2) is 68.6 Å². The third-order valence-corrected chi connectivity index (χ3v) is 8.81. The van der Waals surface area contributed by atoms with Crippen LogP contribution in [0, 0.1) is 15.6 Å². The van der Waals surface area contributed by atoms with Crippen LogP contribution in [0.4, 0.5) is 17.8 Å². The first kappa shape index (κ1) is 44.2. The third-order valence-electron chi connectivity index (χ3n) is 8.81. The standard InChI is InChI=1S/C48H33N9O9/c58-40(34-10-4-1-5-11-34)43(55-61)64-37-22-16-31(17-23-37)28-49-46-52-47(50-29-32-18-24-38(25-19-32)65-44(56-62)41(59)35-12-6-2-7-13-35)54-48(53-46)51-30-33-20-26-39(27-21-33)66-45(57-63)42(60)36-14-8-3-9-15-36/h1-30,61-63H/p-3/b49-28+,50-29+,51-30+,55-43+,56-44+,57-45+. The molecule has 66 heavy (non-hydrogen) atoms. The highest BCUT2D eigenvalue weighted by atomic mass is 16.5. The summed E-state index contributed by atoms with van der Waals surface area (Å²) < 4.78 is 16.4. The maximum atomic E-state index is 12.7. The molecular weight excluding hydrogens is 847 g/mol. The highest BCUT2D eigenvalue weighted by Crippen LogP contribution is 2.20. The molecule has 0 aliphatic rings. The number of nitrogens with zero attached hydrogens (tertiary/aromatic N) is 9. The fourth-order valence-corrected chi connectivity index (χ4v) is 5.57. The Hall–Kier alpha value is -9.84. The van der Waals surface area contributed by atoms with Crippen molar-refractivity contribution < 1.29 is 28.6 Å². The van der Waals surface area contributed by atoms with Gasteiger partial charge in [-0.05, 0) is 89.5 Å². The van der Waals surface area contributed by atoms with E-state index in [0.717, 1.165) is 0 Å². The molecule has 0 bridgehead atoms. The number of carbonyl (C=O) groups excluding carboxylic acids is 3. The summed E-state index contributed by atoms with van der Waals surface area (Å²) >= 11 is 0. The average Bonchev–Trinajstić information content (AvgIpc) is 3.38. The van der Waals surface area contributed by atoms with Gasteiger partial charge in [0, 0.05) is 35.3 Å². The molecule has 0 aliphatic heterocycles. The Labute approximate surface area is 374 Å². The lowest BCUT2D eigenvalue weighted by Gasteiger charge is -2.10. The van der Waals surface area contributed by atoms with Crippen LogP contribution in [0.5, 0.6) is 17.2 Å². The second-order valence-electron chi connectivity index (χ2n) is 13.3. The summed E-state index contributed by atoms with van der Waals surface area (Å²) in [5, 5.41) is 42.7. The van der Waals surface area contributed by atoms with Gasteiger partial charge in [0.1, 0.15) is 17.2 Å². The van der Waals surface area contributed by atoms with E-state index in [1.54, 1.807) is 91.0 Å². The summed E-state index contributed by atoms with van der Waals surface area (Å²) in [6.45, 7) is 0. The van der Waals surface area contributed by atoms with Gasteiger partial charge in [-0.3, -0.25) is 29.9 Å². The smallest absolute Gasteiger partial charge is 0.259 e. The SMILES string of the molecule is O=C(/C(=N\[O-])Oc1ccc(/C=N/c2nc(/N=C/c3ccc(O/C(=N/[O-])C(=O)c4ccccc4)cc3)nc(/N=C/c3ccc(O/C(=N/[O-])C(=O)c4ccccc4)cc3)n2)cc1)c1ccccc1. The number of rotatable bonds is 15. The normalized spacial score (nSPS) is 12.1. The van der Waals surface area contributed by atoms with Crippen LogP contribution in [-0.2, 0) is 0 Å². The first-order chi connectivity index (χ1) is 32.3. The van der Waals surface area contributed by atoms with Crippen molar-refractivity contribution in [3.8, 4) is 17.2 Å². The molecule has 0 fully saturated rings. The van der Waals surface area contributed by atoms with Crippen molar-refractivity contribution in [3.63, 3.8) is 0 Å². The lowest BCUT2D eigenvalue weighted by Crippen LogP contribution is -2.20. The Balaban J connectivity index is 1.08. The lowest BCUT2D eigenvalue weighted by atomic mass is 10.1. The Morgan fingerprint density at radius 1 is 0.364 bits per heavy atom. The van der Waals surface area contributed by atoms with Gasteiger partial charge < -0.3 is 29.8 Å². The first-order valence-electron chi connectivity index (χ1n) is 19.4. The second kappa shape index (κ2) is 21.8. The fraction of sp³-hybridized carbons (Fsp3) is 0. The molecule has 6 aromatic carbocycles. The van der Waals surface area contributed by atoms with Crippen molar-refractivity contribution in [2.45, 2.75) is 0 Å². The summed E-state index contributed by atoms with van der Waals surface area (Å²) in [5.74, 6) is -3.59. The van der Waals surface area contributed by atoms with Gasteiger partial charge in [-0.1, -0.05) is 91.0 Å². The molecule has 0 atom stereocenters. The molecular formula is C48H30N9O9-3. The molecule has 1 heterocycles. The second-order valence-corrected chi connectivity index (χ2v) is 13.3. The number of aromatic nitrogens is 3. The van der Waals surface area contributed by atoms with E-state index >= 15 is 0 Å². The fourth-order valence-electron chi connectivity index (χ4n) is 5.57. The zero-order valence-electron chi connectivity index (χ0n) is 34.0. The number of Topliss-reactive ketones (excluding diaryl/α,β-unsaturated/α-hetero) is 3. The molecule has 0 N–H and O–H groups in total. The Kier molecular flexibility index (Phi) is 14.6. The molecule has 0 saturated heterocycles. The summed E-state index contributed by atoms with van der Waals surface area (Å²) in [6, 6.07) is 43.1. The molecule has 18 nitrogen and oxygen atoms in total. The molecule has 0 spiro atoms. The van der Waals surface area contributed by atoms with Crippen LogP contribution in [0.2, 0.25) is 0 Å². The summed E-state index contributed by atoms with van der Waals surface area (Å²) in [7, 11) is 0. The maximum Gasteiger partial charge on any atom is 0.259 e. The summed E-state index contributed by atoms with van der Waals surface area (Å²) in [6.07, 6.45) is 4.33. The average molecular weight is 877 g/mol. The van der Waals surface area contributed by atoms with E-state index in [-0.39, 0.29) is 51.8 Å². The van der Waals surface area contributed by atoms with Gasteiger partial charge in [-0.2, -0.15) is 15.0 Å². The van der Waals surface area contributed by atoms with Crippen molar-refractivity contribution in [1.82, 2.24) is 15.0 Å². The molecule has 0 amide bonds. The van der Waals surface area contributed by atoms with Crippen LogP contribution in [0.1, 0.15) is 47.8 Å². The van der Waals surface area contributed by atoms with E-state index in [9.17, 15) is 30.0 Å². The number of benzene rings is 6. The van der Waals surface area contributed by atoms with E-state index in [4.69, 9.17) is 14.2 Å². The van der Waals surface area contributed by atoms with Gasteiger partial charge in [0.2, 0.25) is 17.3 Å². The number of hydrogen-bond donors (Lipinski definition) is 0. The van der Waals surface area contributed by atoms with Crippen LogP contribution in [0.3, 0.4) is 0 Å². The maximum absolute atomic E-state index is 12.7. The van der Waals surface area contributed by atoms with Crippen LogP contribution >= 0.6 is 0 Å². The zero-order valence-corrected chi connectivity index (χ0v) is 34.0. The first-order valence-corrected chi connectivity index (χ1v) is 19.4. The van der Waals surface area contributed by atoms with Crippen molar-refractivity contribution in [2.75, 3.05) is 0 Å². The van der Waals surface area contributed by atoms with Crippen molar-refractivity contribution >= 4 is 71.5 Å². The molecule has 0 unspecified atom stereocenters. The van der Waals surface area contributed by atoms with E-state index < -0.39 is 35.0 Å². The zero-order chi connectivity index (χ0) is 46.1. The molecule has 0 saturated carbocycles. The highest BCUT2D eigenvalue weighted by Gasteiger charge is 2.17. The molecule has 0 aliphatic carbocycles. The molecule has 0 radical (unpaired) electrons. The topological polar surface area (TPSA) is 261 Å². The Morgan fingerprint density at radius 2 is 0.606 bits per heavy atom. The number of carbonyl (C=O) groups is 3. The minimum absolute atomic E-state index is 0.0774. The van der Waals surface area contributed by atoms with Crippen molar-refractivity contribution in [1.29, 1.82) is 0 Å². The molecule has 7 aromatic rings. The largest absolute Gasteiger partial charge is 0.789 e. The monoisotopic (exact) mass is 876 g/mol. The van der Waals surface area contributed by atoms with Crippen molar-refractivity contribution in [3.05, 3.63) is 213 Å². The van der Waals surface area contributed by atoms with E-state index in [2.05, 4.69) is 45.4 Å². The third kappa shape index (κ3) is 12.0. The predicted molar refractivity (Wildman–Crippen MR) is 248 cm³/mol. The van der Waals surface area contributed by atoms with Crippen LogP contribution in [0.25, 0.3) is 0 Å². The van der Waals surface area contributed by atoms with Crippen molar-refractivity contribution in [2.24, 2.45) is 30.4 Å². The van der Waals surface area contributed by atoms with Crippen LogP contribution in [0.15, 0.2) is 194 Å². The van der Waals surface area contributed by atoms with Gasteiger partial charge in [0.05, 0.1) is 0 Å². The molecule has 18 heteroatoms. The Bertz CT molecular complexity index is 2660. The lowest BCUT2D eigenvalue weighted by molar-refractivity contribution is 0.104. The number of ketones is 3. The number of hydrogen-bond acceptors (Lipinski definition) is 18. The minimum atomic E-state index is -0.673. The van der Waals surface area contributed by atoms with Gasteiger partial charge in [0.25, 0.3) is 35.5 Å². The van der Waals surface area contributed by atoms with Crippen LogP contribution < -0.4 is 14.2 Å². The van der Waals surface area contributed by atoms with Gasteiger partial charge in [-0.25, -0.2) is 15.0 Å².